The van der Waals surface area contributed by atoms with Gasteiger partial charge in [0.25, 0.3) is 5.91 Å². The molecule has 0 saturated heterocycles. The molecule has 154 valence electrons. The lowest BCUT2D eigenvalue weighted by molar-refractivity contribution is -0.144. The zero-order chi connectivity index (χ0) is 21.4. The van der Waals surface area contributed by atoms with Crippen LogP contribution in [0.15, 0.2) is 42.5 Å². The molecule has 0 spiro atoms. The Bertz CT molecular complexity index is 910. The Labute approximate surface area is 175 Å². The van der Waals surface area contributed by atoms with Crippen LogP contribution in [0.1, 0.15) is 29.7 Å². The summed E-state index contributed by atoms with van der Waals surface area (Å²) >= 11 is 6.13. The van der Waals surface area contributed by atoms with Gasteiger partial charge in [-0.25, -0.2) is 4.79 Å². The molecule has 1 atom stereocenters. The highest BCUT2D eigenvalue weighted by Crippen LogP contribution is 2.36. The predicted molar refractivity (Wildman–Crippen MR) is 112 cm³/mol. The molecular weight excluding hydrogens is 394 g/mol. The van der Waals surface area contributed by atoms with Crippen LogP contribution in [0.2, 0.25) is 5.02 Å². The van der Waals surface area contributed by atoms with Crippen molar-refractivity contribution in [2.45, 2.75) is 19.9 Å². The molecule has 2 aromatic carbocycles. The number of benzene rings is 2. The van der Waals surface area contributed by atoms with Gasteiger partial charge in [0.05, 0.1) is 25.3 Å². The molecule has 0 aliphatic carbocycles. The Kier molecular flexibility index (Phi) is 8.09. The Hall–Kier alpha value is -2.99. The molecule has 2 aromatic rings. The van der Waals surface area contributed by atoms with Crippen molar-refractivity contribution < 1.29 is 23.8 Å². The van der Waals surface area contributed by atoms with Crippen LogP contribution >= 0.6 is 11.6 Å². The first kappa shape index (κ1) is 22.3. The highest BCUT2D eigenvalue weighted by molar-refractivity contribution is 6.32. The number of carbonyl (C=O) groups excluding carboxylic acids is 2. The summed E-state index contributed by atoms with van der Waals surface area (Å²) in [4.78, 5) is 24.0. The van der Waals surface area contributed by atoms with E-state index in [0.717, 1.165) is 11.1 Å². The summed E-state index contributed by atoms with van der Waals surface area (Å²) in [7, 11) is 2.98. The van der Waals surface area contributed by atoms with E-state index in [-0.39, 0.29) is 18.6 Å². The Morgan fingerprint density at radius 3 is 2.55 bits per heavy atom. The Balaban J connectivity index is 1.90. The van der Waals surface area contributed by atoms with Gasteiger partial charge in [-0.15, -0.1) is 0 Å². The van der Waals surface area contributed by atoms with Crippen LogP contribution < -0.4 is 14.8 Å². The van der Waals surface area contributed by atoms with Crippen LogP contribution in [-0.2, 0) is 14.3 Å². The standard InChI is InChI=1S/C22H24ClNO5/c1-14-7-5-6-8-17(14)15(2)24-20(25)13-29-21(26)10-9-16-11-18(23)22(28-4)19(12-16)27-3/h5-12,15H,13H2,1-4H3,(H,24,25). The smallest absolute Gasteiger partial charge is 0.331 e. The molecule has 0 fully saturated rings. The lowest BCUT2D eigenvalue weighted by Crippen LogP contribution is -2.31. The number of hydrogen-bond acceptors (Lipinski definition) is 5. The second-order valence-electron chi connectivity index (χ2n) is 6.33. The van der Waals surface area contributed by atoms with Crippen molar-refractivity contribution in [3.8, 4) is 11.5 Å². The van der Waals surface area contributed by atoms with E-state index in [1.165, 1.54) is 26.4 Å². The van der Waals surface area contributed by atoms with Crippen molar-refractivity contribution in [1.82, 2.24) is 5.32 Å². The van der Waals surface area contributed by atoms with Gasteiger partial charge < -0.3 is 19.5 Å². The zero-order valence-electron chi connectivity index (χ0n) is 16.8. The average molecular weight is 418 g/mol. The Morgan fingerprint density at radius 1 is 1.17 bits per heavy atom. The van der Waals surface area contributed by atoms with E-state index in [2.05, 4.69) is 5.32 Å². The first-order valence-corrected chi connectivity index (χ1v) is 9.34. The number of halogens is 1. The fraction of sp³-hybridized carbons (Fsp3) is 0.273. The summed E-state index contributed by atoms with van der Waals surface area (Å²) in [6.07, 6.45) is 2.74. The largest absolute Gasteiger partial charge is 0.493 e. The van der Waals surface area contributed by atoms with Crippen LogP contribution in [0.5, 0.6) is 11.5 Å². The van der Waals surface area contributed by atoms with Crippen molar-refractivity contribution in [2.75, 3.05) is 20.8 Å². The van der Waals surface area contributed by atoms with Gasteiger partial charge in [-0.2, -0.15) is 0 Å². The van der Waals surface area contributed by atoms with Crippen molar-refractivity contribution in [2.24, 2.45) is 0 Å². The summed E-state index contributed by atoms with van der Waals surface area (Å²) in [5, 5.41) is 3.16. The molecule has 0 saturated carbocycles. The number of methoxy groups -OCH3 is 2. The topological polar surface area (TPSA) is 73.9 Å². The molecule has 1 amide bonds. The molecular formula is C22H24ClNO5. The number of carbonyl (C=O) groups is 2. The fourth-order valence-corrected chi connectivity index (χ4v) is 3.11. The highest BCUT2D eigenvalue weighted by atomic mass is 35.5. The number of amides is 1. The lowest BCUT2D eigenvalue weighted by atomic mass is 10.0. The SMILES string of the molecule is COc1cc(C=CC(=O)OCC(=O)NC(C)c2ccccc2C)cc(Cl)c1OC. The van der Waals surface area contributed by atoms with Gasteiger partial charge in [-0.1, -0.05) is 35.9 Å². The average Bonchev–Trinajstić information content (AvgIpc) is 2.70. The van der Waals surface area contributed by atoms with Crippen LogP contribution in [-0.4, -0.2) is 32.7 Å². The third-order valence-electron chi connectivity index (χ3n) is 4.25. The molecule has 29 heavy (non-hydrogen) atoms. The van der Waals surface area contributed by atoms with Gasteiger partial charge in [0.15, 0.2) is 18.1 Å². The number of hydrogen-bond donors (Lipinski definition) is 1. The van der Waals surface area contributed by atoms with E-state index in [0.29, 0.717) is 22.1 Å². The molecule has 2 rings (SSSR count). The van der Waals surface area contributed by atoms with E-state index >= 15 is 0 Å². The number of rotatable bonds is 8. The second kappa shape index (κ2) is 10.5. The van der Waals surface area contributed by atoms with Crippen LogP contribution in [0.3, 0.4) is 0 Å². The minimum absolute atomic E-state index is 0.188. The van der Waals surface area contributed by atoms with Crippen LogP contribution in [0.25, 0.3) is 6.08 Å². The normalized spacial score (nSPS) is 11.8. The third kappa shape index (κ3) is 6.26. The predicted octanol–water partition coefficient (Wildman–Crippen LogP) is 4.10. The monoisotopic (exact) mass is 417 g/mol. The number of nitrogens with one attached hydrogen (secondary N) is 1. The summed E-state index contributed by atoms with van der Waals surface area (Å²) in [6, 6.07) is 10.9. The van der Waals surface area contributed by atoms with E-state index in [4.69, 9.17) is 25.8 Å². The number of aryl methyl sites for hydroxylation is 1. The van der Waals surface area contributed by atoms with E-state index in [1.807, 2.05) is 38.1 Å². The summed E-state index contributed by atoms with van der Waals surface area (Å²) in [6.45, 7) is 3.48. The summed E-state index contributed by atoms with van der Waals surface area (Å²) in [5.74, 6) is -0.169. The lowest BCUT2D eigenvalue weighted by Gasteiger charge is -2.16. The van der Waals surface area contributed by atoms with E-state index in [1.54, 1.807) is 12.1 Å². The van der Waals surface area contributed by atoms with E-state index < -0.39 is 5.97 Å². The van der Waals surface area contributed by atoms with Gasteiger partial charge >= 0.3 is 5.97 Å². The molecule has 0 bridgehead atoms. The molecule has 0 radical (unpaired) electrons. The van der Waals surface area contributed by atoms with Gasteiger partial charge in [0.2, 0.25) is 0 Å². The summed E-state index contributed by atoms with van der Waals surface area (Å²) in [5.41, 5.74) is 2.72. The van der Waals surface area contributed by atoms with Gasteiger partial charge in [-0.05, 0) is 48.7 Å². The molecule has 6 nitrogen and oxygen atoms in total. The highest BCUT2D eigenvalue weighted by Gasteiger charge is 2.13. The van der Waals surface area contributed by atoms with Crippen molar-refractivity contribution in [3.05, 3.63) is 64.2 Å². The minimum atomic E-state index is -0.644. The fourth-order valence-electron chi connectivity index (χ4n) is 2.82. The Morgan fingerprint density at radius 2 is 1.90 bits per heavy atom. The molecule has 1 unspecified atom stereocenters. The van der Waals surface area contributed by atoms with Crippen molar-refractivity contribution in [1.29, 1.82) is 0 Å². The third-order valence-corrected chi connectivity index (χ3v) is 4.53. The number of esters is 1. The summed E-state index contributed by atoms with van der Waals surface area (Å²) < 4.78 is 15.4. The molecule has 7 heteroatoms. The quantitative estimate of drug-likeness (QED) is 0.517. The van der Waals surface area contributed by atoms with Gasteiger partial charge in [0, 0.05) is 6.08 Å². The molecule has 0 aromatic heterocycles. The molecule has 1 N–H and O–H groups in total. The molecule has 0 aliphatic rings. The van der Waals surface area contributed by atoms with E-state index in [9.17, 15) is 9.59 Å². The van der Waals surface area contributed by atoms with Crippen molar-refractivity contribution in [3.63, 3.8) is 0 Å². The van der Waals surface area contributed by atoms with Crippen LogP contribution in [0, 0.1) is 6.92 Å². The minimum Gasteiger partial charge on any atom is -0.493 e. The van der Waals surface area contributed by atoms with Gasteiger partial charge in [0.1, 0.15) is 0 Å². The van der Waals surface area contributed by atoms with Gasteiger partial charge in [-0.3, -0.25) is 4.79 Å². The maximum atomic E-state index is 12.1. The first-order chi connectivity index (χ1) is 13.8. The number of ether oxygens (including phenoxy) is 3. The maximum Gasteiger partial charge on any atom is 0.331 e. The van der Waals surface area contributed by atoms with Crippen LogP contribution in [0.4, 0.5) is 0 Å². The maximum absolute atomic E-state index is 12.1. The molecule has 0 heterocycles. The molecule has 0 aliphatic heterocycles. The second-order valence-corrected chi connectivity index (χ2v) is 6.73. The first-order valence-electron chi connectivity index (χ1n) is 8.97. The van der Waals surface area contributed by atoms with Crippen molar-refractivity contribution >= 4 is 29.6 Å². The zero-order valence-corrected chi connectivity index (χ0v) is 17.6.